The van der Waals surface area contributed by atoms with Gasteiger partial charge in [0.1, 0.15) is 11.5 Å². The van der Waals surface area contributed by atoms with Crippen molar-refractivity contribution in [3.63, 3.8) is 0 Å². The summed E-state index contributed by atoms with van der Waals surface area (Å²) in [6.45, 7) is 4.15. The van der Waals surface area contributed by atoms with E-state index in [2.05, 4.69) is 33.1 Å². The Kier molecular flexibility index (Phi) is 3.11. The van der Waals surface area contributed by atoms with E-state index in [1.165, 1.54) is 0 Å². The fourth-order valence-electron chi connectivity index (χ4n) is 2.59. The van der Waals surface area contributed by atoms with Crippen molar-refractivity contribution in [2.75, 3.05) is 38.1 Å². The number of hydrogen-bond acceptors (Lipinski definition) is 6. The minimum absolute atomic E-state index is 0.479. The molecular weight excluding hydrogens is 266 g/mol. The van der Waals surface area contributed by atoms with Gasteiger partial charge in [0.2, 0.25) is 11.7 Å². The molecule has 1 saturated carbocycles. The molecule has 0 N–H and O–H groups in total. The molecule has 2 fully saturated rings. The van der Waals surface area contributed by atoms with E-state index in [4.69, 9.17) is 9.51 Å². The quantitative estimate of drug-likeness (QED) is 0.856. The summed E-state index contributed by atoms with van der Waals surface area (Å²) in [5, 5.41) is 4.07. The number of nitrogens with zero attached hydrogens (tertiary/aromatic N) is 5. The molecule has 1 aliphatic heterocycles. The van der Waals surface area contributed by atoms with Crippen molar-refractivity contribution in [3.05, 3.63) is 24.1 Å². The molecule has 4 rings (SSSR count). The molecular formula is C15H19N5O. The van der Waals surface area contributed by atoms with Crippen LogP contribution in [0.15, 0.2) is 22.7 Å². The molecule has 1 saturated heterocycles. The highest BCUT2D eigenvalue weighted by Gasteiger charge is 2.30. The molecule has 6 heteroatoms. The second-order valence-electron chi connectivity index (χ2n) is 5.90. The number of aromatic nitrogens is 3. The first-order chi connectivity index (χ1) is 10.3. The fourth-order valence-corrected chi connectivity index (χ4v) is 2.59. The minimum atomic E-state index is 0.479. The summed E-state index contributed by atoms with van der Waals surface area (Å²) in [5.74, 6) is 2.84. The summed E-state index contributed by atoms with van der Waals surface area (Å²) < 4.78 is 5.32. The molecule has 0 bridgehead atoms. The maximum absolute atomic E-state index is 5.32. The zero-order valence-electron chi connectivity index (χ0n) is 12.2. The smallest absolute Gasteiger partial charge is 0.230 e. The number of pyridine rings is 1. The van der Waals surface area contributed by atoms with Crippen LogP contribution < -0.4 is 4.90 Å². The minimum Gasteiger partial charge on any atom is -0.354 e. The van der Waals surface area contributed by atoms with Gasteiger partial charge in [0.15, 0.2) is 0 Å². The lowest BCUT2D eigenvalue weighted by Crippen LogP contribution is -2.44. The summed E-state index contributed by atoms with van der Waals surface area (Å²) in [5.41, 5.74) is 0.794. The van der Waals surface area contributed by atoms with Crippen LogP contribution in [-0.2, 0) is 0 Å². The highest BCUT2D eigenvalue weighted by Crippen LogP contribution is 2.39. The van der Waals surface area contributed by atoms with Crippen LogP contribution >= 0.6 is 0 Å². The van der Waals surface area contributed by atoms with Crippen LogP contribution in [0.2, 0.25) is 0 Å². The van der Waals surface area contributed by atoms with Gasteiger partial charge in [-0.1, -0.05) is 11.2 Å². The van der Waals surface area contributed by atoms with E-state index in [1.807, 2.05) is 12.1 Å². The Balaban J connectivity index is 1.56. The van der Waals surface area contributed by atoms with Gasteiger partial charge in [-0.2, -0.15) is 4.98 Å². The third-order valence-corrected chi connectivity index (χ3v) is 4.16. The first-order valence-electron chi connectivity index (χ1n) is 7.54. The SMILES string of the molecule is CN1CCN(c2cccc(-c3noc(C4CC4)n3)n2)CC1. The van der Waals surface area contributed by atoms with Crippen molar-refractivity contribution in [1.29, 1.82) is 0 Å². The zero-order valence-corrected chi connectivity index (χ0v) is 12.2. The molecule has 3 heterocycles. The third-order valence-electron chi connectivity index (χ3n) is 4.16. The standard InChI is InChI=1S/C15H19N5O/c1-19-7-9-20(10-8-19)13-4-2-3-12(16-13)14-17-15(21-18-14)11-5-6-11/h2-4,11H,5-10H2,1H3. The van der Waals surface area contributed by atoms with Crippen LogP contribution in [0.5, 0.6) is 0 Å². The van der Waals surface area contributed by atoms with E-state index in [9.17, 15) is 0 Å². The second kappa shape index (κ2) is 5.11. The highest BCUT2D eigenvalue weighted by molar-refractivity contribution is 5.53. The van der Waals surface area contributed by atoms with Gasteiger partial charge in [-0.05, 0) is 32.0 Å². The molecule has 110 valence electrons. The van der Waals surface area contributed by atoms with Crippen LogP contribution in [0, 0.1) is 0 Å². The summed E-state index contributed by atoms with van der Waals surface area (Å²) >= 11 is 0. The van der Waals surface area contributed by atoms with Crippen molar-refractivity contribution in [2.45, 2.75) is 18.8 Å². The Labute approximate surface area is 123 Å². The Morgan fingerprint density at radius 3 is 2.67 bits per heavy atom. The van der Waals surface area contributed by atoms with Crippen LogP contribution in [0.25, 0.3) is 11.5 Å². The Bertz CT molecular complexity index is 628. The van der Waals surface area contributed by atoms with Gasteiger partial charge in [0.25, 0.3) is 0 Å². The van der Waals surface area contributed by atoms with Gasteiger partial charge in [-0.3, -0.25) is 0 Å². The number of likely N-dealkylation sites (N-methyl/N-ethyl adjacent to an activating group) is 1. The lowest BCUT2D eigenvalue weighted by Gasteiger charge is -2.33. The third kappa shape index (κ3) is 2.63. The molecule has 0 atom stereocenters. The number of hydrogen-bond donors (Lipinski definition) is 0. The van der Waals surface area contributed by atoms with Crippen LogP contribution in [0.4, 0.5) is 5.82 Å². The monoisotopic (exact) mass is 285 g/mol. The van der Waals surface area contributed by atoms with Crippen molar-refractivity contribution in [3.8, 4) is 11.5 Å². The van der Waals surface area contributed by atoms with Gasteiger partial charge >= 0.3 is 0 Å². The van der Waals surface area contributed by atoms with Crippen LogP contribution in [0.1, 0.15) is 24.7 Å². The molecule has 0 amide bonds. The van der Waals surface area contributed by atoms with E-state index < -0.39 is 0 Å². The fraction of sp³-hybridized carbons (Fsp3) is 0.533. The summed E-state index contributed by atoms with van der Waals surface area (Å²) in [6, 6.07) is 6.01. The predicted octanol–water partition coefficient (Wildman–Crippen LogP) is 1.76. The van der Waals surface area contributed by atoms with E-state index in [0.717, 1.165) is 56.4 Å². The van der Waals surface area contributed by atoms with Gasteiger partial charge < -0.3 is 14.3 Å². The number of piperazine rings is 1. The van der Waals surface area contributed by atoms with E-state index in [0.29, 0.717) is 11.7 Å². The molecule has 2 aromatic rings. The Morgan fingerprint density at radius 2 is 1.90 bits per heavy atom. The molecule has 6 nitrogen and oxygen atoms in total. The van der Waals surface area contributed by atoms with E-state index in [1.54, 1.807) is 0 Å². The number of anilines is 1. The van der Waals surface area contributed by atoms with Crippen LogP contribution in [-0.4, -0.2) is 53.3 Å². The van der Waals surface area contributed by atoms with Crippen molar-refractivity contribution in [1.82, 2.24) is 20.0 Å². The van der Waals surface area contributed by atoms with E-state index >= 15 is 0 Å². The zero-order chi connectivity index (χ0) is 14.2. The Morgan fingerprint density at radius 1 is 1.10 bits per heavy atom. The van der Waals surface area contributed by atoms with Gasteiger partial charge in [-0.25, -0.2) is 4.98 Å². The average molecular weight is 285 g/mol. The molecule has 21 heavy (non-hydrogen) atoms. The lowest BCUT2D eigenvalue weighted by molar-refractivity contribution is 0.312. The largest absolute Gasteiger partial charge is 0.354 e. The Hall–Kier alpha value is -1.95. The van der Waals surface area contributed by atoms with Gasteiger partial charge in [-0.15, -0.1) is 0 Å². The molecule has 0 aromatic carbocycles. The molecule has 2 aliphatic rings. The average Bonchev–Trinajstić information content (AvgIpc) is 3.25. The van der Waals surface area contributed by atoms with E-state index in [-0.39, 0.29) is 0 Å². The first kappa shape index (κ1) is 12.8. The first-order valence-corrected chi connectivity index (χ1v) is 7.54. The summed E-state index contributed by atoms with van der Waals surface area (Å²) in [7, 11) is 2.15. The molecule has 0 radical (unpaired) electrons. The van der Waals surface area contributed by atoms with Crippen molar-refractivity contribution in [2.24, 2.45) is 0 Å². The molecule has 0 spiro atoms. The normalized spacial score (nSPS) is 20.0. The lowest BCUT2D eigenvalue weighted by atomic mass is 10.3. The summed E-state index contributed by atoms with van der Waals surface area (Å²) in [6.07, 6.45) is 2.33. The van der Waals surface area contributed by atoms with Gasteiger partial charge in [0.05, 0.1) is 0 Å². The highest BCUT2D eigenvalue weighted by atomic mass is 16.5. The maximum Gasteiger partial charge on any atom is 0.230 e. The predicted molar refractivity (Wildman–Crippen MR) is 79.2 cm³/mol. The molecule has 1 aliphatic carbocycles. The van der Waals surface area contributed by atoms with Crippen molar-refractivity contribution < 1.29 is 4.52 Å². The van der Waals surface area contributed by atoms with Crippen molar-refractivity contribution >= 4 is 5.82 Å². The topological polar surface area (TPSA) is 58.3 Å². The molecule has 0 unspecified atom stereocenters. The number of rotatable bonds is 3. The van der Waals surface area contributed by atoms with Gasteiger partial charge in [0, 0.05) is 32.1 Å². The molecule has 2 aromatic heterocycles. The second-order valence-corrected chi connectivity index (χ2v) is 5.90. The van der Waals surface area contributed by atoms with Crippen LogP contribution in [0.3, 0.4) is 0 Å². The summed E-state index contributed by atoms with van der Waals surface area (Å²) in [4.78, 5) is 13.8. The maximum atomic E-state index is 5.32.